The highest BCUT2D eigenvalue weighted by molar-refractivity contribution is 5.89. The van der Waals surface area contributed by atoms with Crippen LogP contribution >= 0.6 is 0 Å². The molecular formula is C12H18N4O3. The lowest BCUT2D eigenvalue weighted by Gasteiger charge is -2.16. The first-order valence-electron chi connectivity index (χ1n) is 6.12. The quantitative estimate of drug-likeness (QED) is 0.845. The maximum atomic E-state index is 11.8. The van der Waals surface area contributed by atoms with Crippen molar-refractivity contribution in [3.63, 3.8) is 0 Å². The molecule has 19 heavy (non-hydrogen) atoms. The van der Waals surface area contributed by atoms with Gasteiger partial charge >= 0.3 is 6.09 Å². The predicted molar refractivity (Wildman–Crippen MR) is 70.1 cm³/mol. The molecule has 0 spiro atoms. The number of anilines is 2. The highest BCUT2D eigenvalue weighted by Gasteiger charge is 2.39. The Morgan fingerprint density at radius 1 is 1.63 bits per heavy atom. The van der Waals surface area contributed by atoms with Gasteiger partial charge in [-0.05, 0) is 26.8 Å². The molecule has 7 nitrogen and oxygen atoms in total. The number of nitrogens with one attached hydrogen (secondary N) is 1. The first-order valence-corrected chi connectivity index (χ1v) is 6.12. The van der Waals surface area contributed by atoms with E-state index in [0.29, 0.717) is 18.3 Å². The molecule has 0 aliphatic carbocycles. The monoisotopic (exact) mass is 266 g/mol. The van der Waals surface area contributed by atoms with Gasteiger partial charge in [-0.25, -0.2) is 9.78 Å². The van der Waals surface area contributed by atoms with Crippen molar-refractivity contribution >= 4 is 17.9 Å². The van der Waals surface area contributed by atoms with Crippen LogP contribution in [0.15, 0.2) is 12.3 Å². The predicted octanol–water partition coefficient (Wildman–Crippen LogP) is 1.00. The number of aliphatic hydroxyl groups is 1. The molecule has 0 saturated carbocycles. The number of hydrogen-bond donors (Lipinski definition) is 2. The van der Waals surface area contributed by atoms with Crippen molar-refractivity contribution in [3.05, 3.63) is 12.3 Å². The van der Waals surface area contributed by atoms with Gasteiger partial charge < -0.3 is 15.2 Å². The fourth-order valence-corrected chi connectivity index (χ4v) is 1.78. The molecule has 1 saturated heterocycles. The Labute approximate surface area is 111 Å². The molecule has 2 N–H and O–H groups in total. The third kappa shape index (κ3) is 3.11. The van der Waals surface area contributed by atoms with Crippen molar-refractivity contribution in [1.82, 2.24) is 9.97 Å². The highest BCUT2D eigenvalue weighted by atomic mass is 16.6. The third-order valence-corrected chi connectivity index (χ3v) is 2.69. The normalized spacial score (nSPS) is 19.2. The van der Waals surface area contributed by atoms with Crippen molar-refractivity contribution in [2.24, 2.45) is 0 Å². The Balaban J connectivity index is 2.17. The number of nitrogens with zero attached hydrogens (tertiary/aromatic N) is 3. The van der Waals surface area contributed by atoms with Gasteiger partial charge in [0.2, 0.25) is 5.95 Å². The van der Waals surface area contributed by atoms with Crippen LogP contribution < -0.4 is 10.2 Å². The van der Waals surface area contributed by atoms with Gasteiger partial charge in [0.15, 0.2) is 0 Å². The summed E-state index contributed by atoms with van der Waals surface area (Å²) in [6, 6.07) is 1.49. The van der Waals surface area contributed by atoms with Crippen LogP contribution in [0.4, 0.5) is 16.6 Å². The number of ether oxygens (including phenoxy) is 1. The van der Waals surface area contributed by atoms with Crippen molar-refractivity contribution in [1.29, 1.82) is 0 Å². The van der Waals surface area contributed by atoms with Gasteiger partial charge in [-0.1, -0.05) is 0 Å². The zero-order valence-corrected chi connectivity index (χ0v) is 11.3. The van der Waals surface area contributed by atoms with Gasteiger partial charge in [-0.2, -0.15) is 4.98 Å². The number of rotatable bonds is 4. The number of aliphatic hydroxyl groups excluding tert-OH is 1. The minimum absolute atomic E-state index is 0.0215. The average molecular weight is 266 g/mol. The summed E-state index contributed by atoms with van der Waals surface area (Å²) >= 11 is 0. The fraction of sp³-hybridized carbons (Fsp3) is 0.583. The molecule has 0 aromatic carbocycles. The molecule has 1 aliphatic rings. The first-order chi connectivity index (χ1) is 8.91. The highest BCUT2D eigenvalue weighted by Crippen LogP contribution is 2.26. The summed E-state index contributed by atoms with van der Waals surface area (Å²) in [7, 11) is 0. The maximum Gasteiger partial charge on any atom is 0.416 e. The van der Waals surface area contributed by atoms with Crippen LogP contribution in [0.1, 0.15) is 20.8 Å². The number of amides is 1. The minimum atomic E-state index is -0.520. The Kier molecular flexibility index (Phi) is 3.57. The third-order valence-electron chi connectivity index (χ3n) is 2.69. The zero-order valence-electron chi connectivity index (χ0n) is 11.3. The van der Waals surface area contributed by atoms with Crippen LogP contribution in [0.2, 0.25) is 0 Å². The first kappa shape index (κ1) is 13.5. The van der Waals surface area contributed by atoms with Crippen LogP contribution in [-0.2, 0) is 4.74 Å². The Bertz CT molecular complexity index is 478. The Morgan fingerprint density at radius 2 is 2.37 bits per heavy atom. The maximum absolute atomic E-state index is 11.8. The standard InChI is InChI=1S/C12H18N4O3/c1-8(6-17)14-10-13-5-4-9(15-10)16-7-12(2,3)19-11(16)18/h4-5,8,17H,6-7H2,1-3H3,(H,13,14,15)/t8-/m0/s1. The number of aromatic nitrogens is 2. The molecule has 2 heterocycles. The molecule has 1 atom stereocenters. The lowest BCUT2D eigenvalue weighted by molar-refractivity contribution is 0.0871. The molecule has 1 fully saturated rings. The molecular weight excluding hydrogens is 248 g/mol. The van der Waals surface area contributed by atoms with E-state index < -0.39 is 11.7 Å². The topological polar surface area (TPSA) is 87.6 Å². The number of carbonyl (C=O) groups is 1. The van der Waals surface area contributed by atoms with Gasteiger partial charge in [-0.15, -0.1) is 0 Å². The number of hydrogen-bond acceptors (Lipinski definition) is 6. The summed E-state index contributed by atoms with van der Waals surface area (Å²) in [5.41, 5.74) is -0.520. The zero-order chi connectivity index (χ0) is 14.0. The van der Waals surface area contributed by atoms with E-state index in [4.69, 9.17) is 9.84 Å². The number of cyclic esters (lactones) is 1. The SMILES string of the molecule is C[C@@H](CO)Nc1nccc(N2CC(C)(C)OC2=O)n1. The van der Waals surface area contributed by atoms with E-state index in [2.05, 4.69) is 15.3 Å². The van der Waals surface area contributed by atoms with Crippen LogP contribution in [0.25, 0.3) is 0 Å². The van der Waals surface area contributed by atoms with E-state index in [9.17, 15) is 4.79 Å². The van der Waals surface area contributed by atoms with E-state index in [1.54, 1.807) is 12.3 Å². The van der Waals surface area contributed by atoms with E-state index in [0.717, 1.165) is 0 Å². The molecule has 1 aliphatic heterocycles. The molecule has 1 aromatic heterocycles. The van der Waals surface area contributed by atoms with Gasteiger partial charge in [-0.3, -0.25) is 4.90 Å². The lowest BCUT2D eigenvalue weighted by Crippen LogP contribution is -2.29. The summed E-state index contributed by atoms with van der Waals surface area (Å²) in [5, 5.41) is 11.9. The summed E-state index contributed by atoms with van der Waals surface area (Å²) in [6.45, 7) is 5.92. The summed E-state index contributed by atoms with van der Waals surface area (Å²) in [6.07, 6.45) is 1.15. The molecule has 1 amide bonds. The Morgan fingerprint density at radius 3 is 2.95 bits per heavy atom. The second-order valence-corrected chi connectivity index (χ2v) is 5.18. The van der Waals surface area contributed by atoms with Gasteiger partial charge in [0.05, 0.1) is 13.2 Å². The smallest absolute Gasteiger partial charge is 0.416 e. The molecule has 0 radical (unpaired) electrons. The van der Waals surface area contributed by atoms with Crippen LogP contribution in [-0.4, -0.2) is 46.0 Å². The lowest BCUT2D eigenvalue weighted by atomic mass is 10.1. The molecule has 2 rings (SSSR count). The van der Waals surface area contributed by atoms with E-state index in [1.165, 1.54) is 4.90 Å². The molecule has 1 aromatic rings. The summed E-state index contributed by atoms with van der Waals surface area (Å²) in [5.74, 6) is 0.856. The molecule has 0 unspecified atom stereocenters. The fourth-order valence-electron chi connectivity index (χ4n) is 1.78. The minimum Gasteiger partial charge on any atom is -0.441 e. The van der Waals surface area contributed by atoms with Crippen LogP contribution in [0, 0.1) is 0 Å². The van der Waals surface area contributed by atoms with Crippen LogP contribution in [0.3, 0.4) is 0 Å². The van der Waals surface area contributed by atoms with E-state index in [-0.39, 0.29) is 12.6 Å². The van der Waals surface area contributed by atoms with Gasteiger partial charge in [0, 0.05) is 12.2 Å². The summed E-state index contributed by atoms with van der Waals surface area (Å²) in [4.78, 5) is 21.5. The molecule has 104 valence electrons. The van der Waals surface area contributed by atoms with Crippen molar-refractivity contribution < 1.29 is 14.6 Å². The average Bonchev–Trinajstić information content (AvgIpc) is 2.63. The van der Waals surface area contributed by atoms with Crippen molar-refractivity contribution in [2.75, 3.05) is 23.4 Å². The van der Waals surface area contributed by atoms with Gasteiger partial charge in [0.1, 0.15) is 11.4 Å². The van der Waals surface area contributed by atoms with Crippen molar-refractivity contribution in [3.8, 4) is 0 Å². The van der Waals surface area contributed by atoms with E-state index in [1.807, 2.05) is 20.8 Å². The largest absolute Gasteiger partial charge is 0.441 e. The summed E-state index contributed by atoms with van der Waals surface area (Å²) < 4.78 is 5.22. The molecule has 7 heteroatoms. The van der Waals surface area contributed by atoms with Crippen LogP contribution in [0.5, 0.6) is 0 Å². The number of carbonyl (C=O) groups excluding carboxylic acids is 1. The van der Waals surface area contributed by atoms with E-state index >= 15 is 0 Å². The second-order valence-electron chi connectivity index (χ2n) is 5.18. The van der Waals surface area contributed by atoms with Gasteiger partial charge in [0.25, 0.3) is 0 Å². The second kappa shape index (κ2) is 5.00. The Hall–Kier alpha value is -1.89. The van der Waals surface area contributed by atoms with Crippen molar-refractivity contribution in [2.45, 2.75) is 32.4 Å². The molecule has 0 bridgehead atoms.